The molecule has 3 N–H and O–H groups in total. The Labute approximate surface area is 114 Å². The van der Waals surface area contributed by atoms with Gasteiger partial charge in [-0.15, -0.1) is 0 Å². The van der Waals surface area contributed by atoms with Crippen molar-refractivity contribution in [3.05, 3.63) is 52.9 Å². The van der Waals surface area contributed by atoms with Crippen molar-refractivity contribution in [2.24, 2.45) is 0 Å². The lowest BCUT2D eigenvalue weighted by Crippen LogP contribution is -2.04. The fraction of sp³-hybridized carbons (Fsp3) is 0. The van der Waals surface area contributed by atoms with Gasteiger partial charge < -0.3 is 19.7 Å². The molecular formula is C15H11O5+. The second-order valence-corrected chi connectivity index (χ2v) is 4.36. The molecule has 0 aliphatic heterocycles. The molecule has 100 valence electrons. The van der Waals surface area contributed by atoms with Gasteiger partial charge in [0.1, 0.15) is 34.5 Å². The van der Waals surface area contributed by atoms with Gasteiger partial charge in [-0.1, -0.05) is 12.1 Å². The van der Waals surface area contributed by atoms with Gasteiger partial charge in [-0.3, -0.25) is 4.79 Å². The average Bonchev–Trinajstić information content (AvgIpc) is 2.39. The van der Waals surface area contributed by atoms with E-state index >= 15 is 0 Å². The molecule has 0 bridgehead atoms. The molecule has 1 aromatic heterocycles. The molecule has 5 nitrogen and oxygen atoms in total. The summed E-state index contributed by atoms with van der Waals surface area (Å²) in [4.78, 5) is 12.4. The first-order chi connectivity index (χ1) is 9.56. The van der Waals surface area contributed by atoms with E-state index in [0.29, 0.717) is 5.56 Å². The Bertz CT molecular complexity index is 852. The van der Waals surface area contributed by atoms with E-state index in [1.807, 2.05) is 0 Å². The van der Waals surface area contributed by atoms with Crippen molar-refractivity contribution >= 4 is 11.0 Å². The minimum atomic E-state index is -0.408. The standard InChI is InChI=1S/C15H10O5/c16-9-3-1-8(2-4-9)11-7-20-13-6-10(17)5-12(18)14(13)15(11)19/h1-7,16-18H/p+1. The SMILES string of the molecule is O=c1c(-c2ccc(O)cc2)coc2cc(O)cc(O)c12.[H+]. The number of benzene rings is 2. The summed E-state index contributed by atoms with van der Waals surface area (Å²) in [5, 5.41) is 28.4. The van der Waals surface area contributed by atoms with Crippen molar-refractivity contribution in [3.8, 4) is 28.4 Å². The molecule has 0 aliphatic carbocycles. The van der Waals surface area contributed by atoms with Crippen LogP contribution in [-0.2, 0) is 0 Å². The topological polar surface area (TPSA) is 90.9 Å². The number of hydrogen-bond donors (Lipinski definition) is 3. The molecule has 0 radical (unpaired) electrons. The van der Waals surface area contributed by atoms with Crippen molar-refractivity contribution in [2.75, 3.05) is 0 Å². The van der Waals surface area contributed by atoms with Gasteiger partial charge in [-0.2, -0.15) is 0 Å². The number of phenols is 3. The summed E-state index contributed by atoms with van der Waals surface area (Å²) in [6.45, 7) is 0. The molecular weight excluding hydrogens is 260 g/mol. The van der Waals surface area contributed by atoms with Crippen LogP contribution in [0.25, 0.3) is 22.1 Å². The van der Waals surface area contributed by atoms with Crippen LogP contribution >= 0.6 is 0 Å². The normalized spacial score (nSPS) is 10.8. The minimum absolute atomic E-state index is 0. The van der Waals surface area contributed by atoms with E-state index in [1.54, 1.807) is 12.1 Å². The van der Waals surface area contributed by atoms with Gasteiger partial charge >= 0.3 is 1.43 Å². The second-order valence-electron chi connectivity index (χ2n) is 4.36. The average molecular weight is 271 g/mol. The fourth-order valence-corrected chi connectivity index (χ4v) is 2.06. The van der Waals surface area contributed by atoms with Gasteiger partial charge in [0, 0.05) is 12.1 Å². The number of rotatable bonds is 1. The maximum absolute atomic E-state index is 12.4. The predicted molar refractivity (Wildman–Crippen MR) is 74.0 cm³/mol. The van der Waals surface area contributed by atoms with E-state index in [9.17, 15) is 20.1 Å². The van der Waals surface area contributed by atoms with E-state index in [-0.39, 0.29) is 35.2 Å². The van der Waals surface area contributed by atoms with E-state index in [2.05, 4.69) is 0 Å². The van der Waals surface area contributed by atoms with Crippen LogP contribution in [0.15, 0.2) is 51.9 Å². The molecule has 5 heteroatoms. The third kappa shape index (κ3) is 1.85. The lowest BCUT2D eigenvalue weighted by atomic mass is 10.0. The van der Waals surface area contributed by atoms with Crippen LogP contribution in [0.3, 0.4) is 0 Å². The maximum atomic E-state index is 12.4. The highest BCUT2D eigenvalue weighted by molar-refractivity contribution is 5.87. The zero-order valence-electron chi connectivity index (χ0n) is 11.2. The molecule has 0 saturated heterocycles. The molecule has 1 heterocycles. The summed E-state index contributed by atoms with van der Waals surface area (Å²) in [7, 11) is 0. The molecule has 3 rings (SSSR count). The molecule has 0 unspecified atom stereocenters. The zero-order valence-corrected chi connectivity index (χ0v) is 10.2. The number of aromatic hydroxyl groups is 3. The van der Waals surface area contributed by atoms with Gasteiger partial charge in [0.25, 0.3) is 0 Å². The van der Waals surface area contributed by atoms with Crippen LogP contribution in [0.1, 0.15) is 1.43 Å². The number of phenolic OH excluding ortho intramolecular Hbond substituents is 3. The van der Waals surface area contributed by atoms with Crippen molar-refractivity contribution in [1.29, 1.82) is 0 Å². The Hall–Kier alpha value is -2.95. The van der Waals surface area contributed by atoms with Crippen LogP contribution in [0.4, 0.5) is 0 Å². The lowest BCUT2D eigenvalue weighted by Gasteiger charge is -2.05. The zero-order chi connectivity index (χ0) is 14.3. The quantitative estimate of drug-likeness (QED) is 0.633. The smallest absolute Gasteiger partial charge is 0.508 e. The van der Waals surface area contributed by atoms with E-state index in [0.717, 1.165) is 6.07 Å². The predicted octanol–water partition coefficient (Wildman–Crippen LogP) is 2.69. The van der Waals surface area contributed by atoms with Crippen LogP contribution < -0.4 is 5.43 Å². The van der Waals surface area contributed by atoms with Gasteiger partial charge in [0.15, 0.2) is 0 Å². The molecule has 20 heavy (non-hydrogen) atoms. The van der Waals surface area contributed by atoms with Gasteiger partial charge in [0.2, 0.25) is 5.43 Å². The van der Waals surface area contributed by atoms with Crippen molar-refractivity contribution in [3.63, 3.8) is 0 Å². The molecule has 3 aromatic rings. The maximum Gasteiger partial charge on any atom is 1.00 e. The first-order valence-corrected chi connectivity index (χ1v) is 5.83. The summed E-state index contributed by atoms with van der Waals surface area (Å²) >= 11 is 0. The van der Waals surface area contributed by atoms with Crippen LogP contribution in [0.5, 0.6) is 17.2 Å². The first kappa shape index (κ1) is 12.1. The van der Waals surface area contributed by atoms with Gasteiger partial charge in [0.05, 0.1) is 5.56 Å². The fourth-order valence-electron chi connectivity index (χ4n) is 2.06. The summed E-state index contributed by atoms with van der Waals surface area (Å²) in [6.07, 6.45) is 1.26. The summed E-state index contributed by atoms with van der Waals surface area (Å²) in [6, 6.07) is 8.40. The Balaban J connectivity index is 0.00000161. The minimum Gasteiger partial charge on any atom is -0.508 e. The Morgan fingerprint density at radius 3 is 2.35 bits per heavy atom. The van der Waals surface area contributed by atoms with E-state index < -0.39 is 5.43 Å². The lowest BCUT2D eigenvalue weighted by molar-refractivity contribution is 0.452. The Morgan fingerprint density at radius 2 is 1.65 bits per heavy atom. The number of hydrogen-bond acceptors (Lipinski definition) is 5. The Kier molecular flexibility index (Phi) is 2.61. The molecule has 0 aliphatic rings. The van der Waals surface area contributed by atoms with Crippen LogP contribution in [-0.4, -0.2) is 15.3 Å². The first-order valence-electron chi connectivity index (χ1n) is 5.83. The summed E-state index contributed by atoms with van der Waals surface area (Å²) < 4.78 is 5.29. The van der Waals surface area contributed by atoms with Crippen molar-refractivity contribution < 1.29 is 21.2 Å². The third-order valence-electron chi connectivity index (χ3n) is 3.02. The largest absolute Gasteiger partial charge is 1.00 e. The third-order valence-corrected chi connectivity index (χ3v) is 3.02. The summed E-state index contributed by atoms with van der Waals surface area (Å²) in [5.74, 6) is -0.434. The van der Waals surface area contributed by atoms with Gasteiger partial charge in [-0.05, 0) is 17.7 Å². The molecule has 0 spiro atoms. The highest BCUT2D eigenvalue weighted by atomic mass is 16.3. The van der Waals surface area contributed by atoms with E-state index in [4.69, 9.17) is 4.42 Å². The van der Waals surface area contributed by atoms with Crippen molar-refractivity contribution in [1.82, 2.24) is 0 Å². The summed E-state index contributed by atoms with van der Waals surface area (Å²) in [5.41, 5.74) is 0.522. The molecule has 0 atom stereocenters. The van der Waals surface area contributed by atoms with E-state index in [1.165, 1.54) is 24.5 Å². The molecule has 2 aromatic carbocycles. The second kappa shape index (κ2) is 4.31. The van der Waals surface area contributed by atoms with Crippen LogP contribution in [0.2, 0.25) is 0 Å². The molecule has 0 saturated carbocycles. The highest BCUT2D eigenvalue weighted by Gasteiger charge is 2.13. The monoisotopic (exact) mass is 271 g/mol. The highest BCUT2D eigenvalue weighted by Crippen LogP contribution is 2.29. The Morgan fingerprint density at radius 1 is 0.950 bits per heavy atom. The molecule has 0 amide bonds. The number of fused-ring (bicyclic) bond motifs is 1. The molecule has 0 fully saturated rings. The van der Waals surface area contributed by atoms with Crippen LogP contribution in [0, 0.1) is 0 Å². The van der Waals surface area contributed by atoms with Gasteiger partial charge in [-0.25, -0.2) is 0 Å². The van der Waals surface area contributed by atoms with Crippen molar-refractivity contribution in [2.45, 2.75) is 0 Å².